The van der Waals surface area contributed by atoms with Crippen molar-refractivity contribution in [3.05, 3.63) is 0 Å². The lowest BCUT2D eigenvalue weighted by Crippen LogP contribution is -2.28. The largest absolute Gasteiger partial charge is 0.463 e. The fourth-order valence-electron chi connectivity index (χ4n) is 1.33. The van der Waals surface area contributed by atoms with Gasteiger partial charge in [0.25, 0.3) is 0 Å². The Morgan fingerprint density at radius 3 is 1.80 bits per heavy atom. The molecule has 0 aliphatic carbocycles. The van der Waals surface area contributed by atoms with Crippen LogP contribution in [-0.4, -0.2) is 24.1 Å². The highest BCUT2D eigenvalue weighted by molar-refractivity contribution is 5.66. The van der Waals surface area contributed by atoms with Crippen LogP contribution in [0.2, 0.25) is 0 Å². The molecule has 0 saturated heterocycles. The van der Waals surface area contributed by atoms with Crippen molar-refractivity contribution in [1.82, 2.24) is 0 Å². The zero-order valence-electron chi connectivity index (χ0n) is 10.1. The molecule has 0 aliphatic heterocycles. The number of rotatable bonds is 5. The second-order valence-electron chi connectivity index (χ2n) is 4.05. The Labute approximate surface area is 90.9 Å². The van der Waals surface area contributed by atoms with Gasteiger partial charge in [-0.1, -0.05) is 13.8 Å². The molecule has 0 unspecified atom stereocenters. The van der Waals surface area contributed by atoms with E-state index >= 15 is 0 Å². The summed E-state index contributed by atoms with van der Waals surface area (Å²) in [6.07, 6.45) is 0.114. The summed E-state index contributed by atoms with van der Waals surface area (Å²) in [7, 11) is 0. The fourth-order valence-corrected chi connectivity index (χ4v) is 1.33. The summed E-state index contributed by atoms with van der Waals surface area (Å²) < 4.78 is 10.1. The molecule has 0 heterocycles. The van der Waals surface area contributed by atoms with E-state index in [0.29, 0.717) is 6.42 Å². The van der Waals surface area contributed by atoms with E-state index in [1.54, 1.807) is 6.92 Å². The lowest BCUT2D eigenvalue weighted by atomic mass is 10.0. The van der Waals surface area contributed by atoms with E-state index in [-0.39, 0.29) is 30.1 Å². The minimum absolute atomic E-state index is 0.197. The maximum absolute atomic E-state index is 10.8. The highest BCUT2D eigenvalue weighted by Crippen LogP contribution is 2.15. The van der Waals surface area contributed by atoms with Crippen LogP contribution in [0.1, 0.15) is 41.0 Å². The van der Waals surface area contributed by atoms with Crippen molar-refractivity contribution in [2.24, 2.45) is 5.92 Å². The van der Waals surface area contributed by atoms with Crippen LogP contribution < -0.4 is 0 Å². The van der Waals surface area contributed by atoms with Crippen LogP contribution in [0.4, 0.5) is 0 Å². The minimum Gasteiger partial charge on any atom is -0.463 e. The van der Waals surface area contributed by atoms with Gasteiger partial charge < -0.3 is 9.47 Å². The molecule has 0 rings (SSSR count). The first kappa shape index (κ1) is 13.9. The van der Waals surface area contributed by atoms with E-state index in [2.05, 4.69) is 0 Å². The zero-order chi connectivity index (χ0) is 12.0. The molecule has 0 spiro atoms. The Balaban J connectivity index is 4.15. The molecule has 15 heavy (non-hydrogen) atoms. The van der Waals surface area contributed by atoms with Crippen LogP contribution in [-0.2, 0) is 19.1 Å². The maximum Gasteiger partial charge on any atom is 0.302 e. The molecule has 0 fully saturated rings. The Kier molecular flexibility index (Phi) is 5.97. The Morgan fingerprint density at radius 1 is 1.00 bits per heavy atom. The van der Waals surface area contributed by atoms with E-state index in [0.717, 1.165) is 0 Å². The molecule has 0 N–H and O–H groups in total. The molecular formula is C11H20O4. The third-order valence-corrected chi connectivity index (χ3v) is 1.99. The van der Waals surface area contributed by atoms with Crippen LogP contribution >= 0.6 is 0 Å². The van der Waals surface area contributed by atoms with Crippen LogP contribution in [0.15, 0.2) is 0 Å². The van der Waals surface area contributed by atoms with E-state index in [1.165, 1.54) is 13.8 Å². The summed E-state index contributed by atoms with van der Waals surface area (Å²) >= 11 is 0. The third kappa shape index (κ3) is 6.94. The Bertz CT molecular complexity index is 223. The molecule has 88 valence electrons. The quantitative estimate of drug-likeness (QED) is 0.659. The molecule has 0 amide bonds. The van der Waals surface area contributed by atoms with Crippen LogP contribution in [0, 0.1) is 5.92 Å². The number of carbonyl (C=O) groups is 2. The molecule has 0 bridgehead atoms. The van der Waals surface area contributed by atoms with Gasteiger partial charge in [-0.15, -0.1) is 0 Å². The Hall–Kier alpha value is -1.06. The monoisotopic (exact) mass is 216 g/mol. The van der Waals surface area contributed by atoms with Gasteiger partial charge in [-0.05, 0) is 12.8 Å². The van der Waals surface area contributed by atoms with Gasteiger partial charge in [0.05, 0.1) is 0 Å². The van der Waals surface area contributed by atoms with Gasteiger partial charge >= 0.3 is 11.9 Å². The first-order valence-electron chi connectivity index (χ1n) is 5.17. The topological polar surface area (TPSA) is 52.6 Å². The molecule has 0 aromatic rings. The second kappa shape index (κ2) is 6.43. The standard InChI is InChI=1S/C11H20O4/c1-7(2)11(15-10(5)13)6-8(3)14-9(4)12/h7-8,11H,6H2,1-5H3/t8-,11-/m1/s1. The molecule has 2 atom stereocenters. The summed E-state index contributed by atoms with van der Waals surface area (Å²) in [5, 5.41) is 0. The lowest BCUT2D eigenvalue weighted by Gasteiger charge is -2.23. The summed E-state index contributed by atoms with van der Waals surface area (Å²) in [5.41, 5.74) is 0. The minimum atomic E-state index is -0.312. The molecule has 0 saturated carbocycles. The van der Waals surface area contributed by atoms with Crippen LogP contribution in [0.5, 0.6) is 0 Å². The van der Waals surface area contributed by atoms with Crippen molar-refractivity contribution >= 4 is 11.9 Å². The first-order valence-corrected chi connectivity index (χ1v) is 5.17. The van der Waals surface area contributed by atoms with Crippen molar-refractivity contribution < 1.29 is 19.1 Å². The summed E-state index contributed by atoms with van der Waals surface area (Å²) in [5.74, 6) is -0.400. The highest BCUT2D eigenvalue weighted by atomic mass is 16.6. The van der Waals surface area contributed by atoms with Gasteiger partial charge in [-0.3, -0.25) is 9.59 Å². The van der Waals surface area contributed by atoms with Crippen molar-refractivity contribution in [3.8, 4) is 0 Å². The van der Waals surface area contributed by atoms with Gasteiger partial charge in [0.2, 0.25) is 0 Å². The van der Waals surface area contributed by atoms with Crippen molar-refractivity contribution in [3.63, 3.8) is 0 Å². The molecule has 4 nitrogen and oxygen atoms in total. The van der Waals surface area contributed by atoms with Crippen LogP contribution in [0.3, 0.4) is 0 Å². The molecular weight excluding hydrogens is 196 g/mol. The van der Waals surface area contributed by atoms with Gasteiger partial charge in [0.1, 0.15) is 12.2 Å². The van der Waals surface area contributed by atoms with E-state index in [9.17, 15) is 9.59 Å². The zero-order valence-corrected chi connectivity index (χ0v) is 10.1. The molecule has 0 aliphatic rings. The van der Waals surface area contributed by atoms with Gasteiger partial charge in [-0.2, -0.15) is 0 Å². The van der Waals surface area contributed by atoms with E-state index in [4.69, 9.17) is 9.47 Å². The summed E-state index contributed by atoms with van der Waals surface area (Å²) in [4.78, 5) is 21.5. The van der Waals surface area contributed by atoms with Crippen molar-refractivity contribution in [2.75, 3.05) is 0 Å². The SMILES string of the molecule is CC(=O)O[C@H](C)C[C@@H](OC(C)=O)C(C)C. The van der Waals surface area contributed by atoms with Crippen molar-refractivity contribution in [1.29, 1.82) is 0 Å². The van der Waals surface area contributed by atoms with Crippen molar-refractivity contribution in [2.45, 2.75) is 53.2 Å². The summed E-state index contributed by atoms with van der Waals surface area (Å²) in [6, 6.07) is 0. The number of hydrogen-bond donors (Lipinski definition) is 0. The second-order valence-corrected chi connectivity index (χ2v) is 4.05. The normalized spacial score (nSPS) is 14.5. The smallest absolute Gasteiger partial charge is 0.302 e. The molecule has 0 aromatic heterocycles. The highest BCUT2D eigenvalue weighted by Gasteiger charge is 2.20. The first-order chi connectivity index (χ1) is 6.82. The molecule has 0 radical (unpaired) electrons. The van der Waals surface area contributed by atoms with E-state index < -0.39 is 0 Å². The molecule has 4 heteroatoms. The average Bonchev–Trinajstić information content (AvgIpc) is 1.99. The van der Waals surface area contributed by atoms with Gasteiger partial charge in [0.15, 0.2) is 0 Å². The third-order valence-electron chi connectivity index (χ3n) is 1.99. The lowest BCUT2D eigenvalue weighted by molar-refractivity contribution is -0.153. The predicted octanol–water partition coefficient (Wildman–Crippen LogP) is 1.92. The number of hydrogen-bond acceptors (Lipinski definition) is 4. The van der Waals surface area contributed by atoms with Gasteiger partial charge in [-0.25, -0.2) is 0 Å². The van der Waals surface area contributed by atoms with Gasteiger partial charge in [0, 0.05) is 20.3 Å². The maximum atomic E-state index is 10.8. The molecule has 0 aromatic carbocycles. The Morgan fingerprint density at radius 2 is 1.47 bits per heavy atom. The number of carbonyl (C=O) groups excluding carboxylic acids is 2. The summed E-state index contributed by atoms with van der Waals surface area (Å²) in [6.45, 7) is 8.47. The number of ether oxygens (including phenoxy) is 2. The van der Waals surface area contributed by atoms with E-state index in [1.807, 2.05) is 13.8 Å². The predicted molar refractivity (Wildman–Crippen MR) is 56.2 cm³/mol. The number of esters is 2. The van der Waals surface area contributed by atoms with Crippen LogP contribution in [0.25, 0.3) is 0 Å². The average molecular weight is 216 g/mol. The fraction of sp³-hybridized carbons (Fsp3) is 0.818.